The number of nitrogens with one attached hydrogen (secondary N) is 1. The van der Waals surface area contributed by atoms with Gasteiger partial charge in [-0.05, 0) is 32.9 Å². The molecule has 1 fully saturated rings. The molecule has 0 saturated heterocycles. The van der Waals surface area contributed by atoms with Gasteiger partial charge in [-0.15, -0.1) is 0 Å². The molecular formula is C11H17N3S. The van der Waals surface area contributed by atoms with Crippen LogP contribution >= 0.6 is 11.8 Å². The van der Waals surface area contributed by atoms with Crippen molar-refractivity contribution in [3.8, 4) is 0 Å². The molecule has 0 radical (unpaired) electrons. The molecule has 0 spiro atoms. The summed E-state index contributed by atoms with van der Waals surface area (Å²) < 4.78 is 0. The number of hydrogen-bond acceptors (Lipinski definition) is 4. The Morgan fingerprint density at radius 3 is 3.07 bits per heavy atom. The molecule has 1 saturated carbocycles. The summed E-state index contributed by atoms with van der Waals surface area (Å²) in [5.74, 6) is 0. The van der Waals surface area contributed by atoms with Crippen molar-refractivity contribution in [1.82, 2.24) is 15.3 Å². The van der Waals surface area contributed by atoms with Crippen LogP contribution in [-0.2, 0) is 0 Å². The maximum absolute atomic E-state index is 4.43. The molecule has 82 valence electrons. The third-order valence-corrected chi connectivity index (χ3v) is 4.13. The highest BCUT2D eigenvalue weighted by molar-refractivity contribution is 7.99. The summed E-state index contributed by atoms with van der Waals surface area (Å²) >= 11 is 1.81. The van der Waals surface area contributed by atoms with Gasteiger partial charge < -0.3 is 5.32 Å². The van der Waals surface area contributed by atoms with Crippen molar-refractivity contribution in [2.75, 3.05) is 7.05 Å². The van der Waals surface area contributed by atoms with Gasteiger partial charge in [-0.25, -0.2) is 9.97 Å². The molecule has 2 rings (SSSR count). The predicted octanol–water partition coefficient (Wildman–Crippen LogP) is 2.02. The first-order chi connectivity index (χ1) is 7.29. The number of aryl methyl sites for hydroxylation is 1. The highest BCUT2D eigenvalue weighted by Crippen LogP contribution is 2.33. The zero-order chi connectivity index (χ0) is 10.7. The van der Waals surface area contributed by atoms with Crippen molar-refractivity contribution < 1.29 is 0 Å². The first-order valence-corrected chi connectivity index (χ1v) is 6.31. The molecule has 1 aromatic rings. The lowest BCUT2D eigenvalue weighted by Crippen LogP contribution is -2.30. The Kier molecular flexibility index (Phi) is 3.59. The normalized spacial score (nSPS) is 25.7. The van der Waals surface area contributed by atoms with E-state index in [-0.39, 0.29) is 0 Å². The van der Waals surface area contributed by atoms with Crippen LogP contribution < -0.4 is 5.32 Å². The topological polar surface area (TPSA) is 37.8 Å². The van der Waals surface area contributed by atoms with Crippen molar-refractivity contribution in [2.45, 2.75) is 42.6 Å². The molecular weight excluding hydrogens is 206 g/mol. The maximum atomic E-state index is 4.43. The molecule has 3 nitrogen and oxygen atoms in total. The molecule has 0 bridgehead atoms. The van der Waals surface area contributed by atoms with E-state index in [2.05, 4.69) is 15.3 Å². The minimum atomic E-state index is 0.624. The number of hydrogen-bond donors (Lipinski definition) is 1. The largest absolute Gasteiger partial charge is 0.316 e. The number of aromatic nitrogens is 2. The number of rotatable bonds is 3. The molecule has 15 heavy (non-hydrogen) atoms. The SMILES string of the molecule is CNC1CCCC1Sc1nccc(C)n1. The average molecular weight is 223 g/mol. The minimum absolute atomic E-state index is 0.624. The first-order valence-electron chi connectivity index (χ1n) is 5.43. The molecule has 1 aromatic heterocycles. The lowest BCUT2D eigenvalue weighted by molar-refractivity contribution is 0.590. The van der Waals surface area contributed by atoms with E-state index in [0.717, 1.165) is 10.9 Å². The van der Waals surface area contributed by atoms with Crippen molar-refractivity contribution in [1.29, 1.82) is 0 Å². The lowest BCUT2D eigenvalue weighted by atomic mass is 10.2. The third kappa shape index (κ3) is 2.69. The molecule has 2 atom stereocenters. The van der Waals surface area contributed by atoms with Crippen LogP contribution in [0.3, 0.4) is 0 Å². The standard InChI is InChI=1S/C11H17N3S/c1-8-6-7-13-11(14-8)15-10-5-3-4-9(10)12-2/h6-7,9-10,12H,3-5H2,1-2H3. The van der Waals surface area contributed by atoms with Gasteiger partial charge in [-0.3, -0.25) is 0 Å². The molecule has 4 heteroatoms. The summed E-state index contributed by atoms with van der Waals surface area (Å²) in [5, 5.41) is 4.93. The fourth-order valence-corrected chi connectivity index (χ4v) is 3.33. The Bertz CT molecular complexity index is 329. The second-order valence-corrected chi connectivity index (χ2v) is 5.17. The summed E-state index contributed by atoms with van der Waals surface area (Å²) in [6, 6.07) is 2.56. The van der Waals surface area contributed by atoms with Crippen LogP contribution in [0, 0.1) is 6.92 Å². The van der Waals surface area contributed by atoms with E-state index in [1.165, 1.54) is 19.3 Å². The van der Waals surface area contributed by atoms with E-state index in [0.29, 0.717) is 11.3 Å². The van der Waals surface area contributed by atoms with Crippen molar-refractivity contribution in [3.05, 3.63) is 18.0 Å². The van der Waals surface area contributed by atoms with Gasteiger partial charge in [0.25, 0.3) is 0 Å². The second kappa shape index (κ2) is 4.94. The Morgan fingerprint density at radius 2 is 2.33 bits per heavy atom. The van der Waals surface area contributed by atoms with Gasteiger partial charge in [-0.1, -0.05) is 18.2 Å². The fraction of sp³-hybridized carbons (Fsp3) is 0.636. The monoisotopic (exact) mass is 223 g/mol. The van der Waals surface area contributed by atoms with Gasteiger partial charge >= 0.3 is 0 Å². The van der Waals surface area contributed by atoms with Crippen LogP contribution in [0.2, 0.25) is 0 Å². The fourth-order valence-electron chi connectivity index (χ4n) is 2.02. The highest BCUT2D eigenvalue weighted by atomic mass is 32.2. The summed E-state index contributed by atoms with van der Waals surface area (Å²) in [5.41, 5.74) is 1.05. The van der Waals surface area contributed by atoms with Crippen LogP contribution in [0.15, 0.2) is 17.4 Å². The predicted molar refractivity (Wildman–Crippen MR) is 63.1 cm³/mol. The Hall–Kier alpha value is -0.610. The zero-order valence-electron chi connectivity index (χ0n) is 9.23. The molecule has 1 N–H and O–H groups in total. The van der Waals surface area contributed by atoms with Gasteiger partial charge in [-0.2, -0.15) is 0 Å². The van der Waals surface area contributed by atoms with E-state index in [1.807, 2.05) is 38.0 Å². The molecule has 2 unspecified atom stereocenters. The second-order valence-electron chi connectivity index (χ2n) is 3.96. The number of nitrogens with zero attached hydrogens (tertiary/aromatic N) is 2. The molecule has 0 amide bonds. The van der Waals surface area contributed by atoms with Crippen LogP contribution in [0.1, 0.15) is 25.0 Å². The maximum Gasteiger partial charge on any atom is 0.188 e. The van der Waals surface area contributed by atoms with E-state index < -0.39 is 0 Å². The summed E-state index contributed by atoms with van der Waals surface area (Å²) in [6.45, 7) is 2.01. The van der Waals surface area contributed by atoms with Crippen LogP contribution in [0.5, 0.6) is 0 Å². The van der Waals surface area contributed by atoms with Gasteiger partial charge in [0.15, 0.2) is 5.16 Å². The summed E-state index contributed by atoms with van der Waals surface area (Å²) in [7, 11) is 2.04. The van der Waals surface area contributed by atoms with Crippen molar-refractivity contribution in [2.24, 2.45) is 0 Å². The Morgan fingerprint density at radius 1 is 1.47 bits per heavy atom. The van der Waals surface area contributed by atoms with Gasteiger partial charge in [0, 0.05) is 23.2 Å². The van der Waals surface area contributed by atoms with Crippen LogP contribution in [0.25, 0.3) is 0 Å². The molecule has 1 aliphatic rings. The number of thioether (sulfide) groups is 1. The van der Waals surface area contributed by atoms with Gasteiger partial charge in [0.05, 0.1) is 0 Å². The van der Waals surface area contributed by atoms with E-state index >= 15 is 0 Å². The van der Waals surface area contributed by atoms with E-state index in [9.17, 15) is 0 Å². The van der Waals surface area contributed by atoms with Gasteiger partial charge in [0.1, 0.15) is 0 Å². The zero-order valence-corrected chi connectivity index (χ0v) is 10.0. The summed E-state index contributed by atoms with van der Waals surface area (Å²) in [6.07, 6.45) is 5.70. The van der Waals surface area contributed by atoms with E-state index in [4.69, 9.17) is 0 Å². The molecule has 1 aliphatic carbocycles. The van der Waals surface area contributed by atoms with E-state index in [1.54, 1.807) is 0 Å². The minimum Gasteiger partial charge on any atom is -0.316 e. The Labute approximate surface area is 95.1 Å². The Balaban J connectivity index is 2.02. The third-order valence-electron chi connectivity index (χ3n) is 2.85. The molecule has 1 heterocycles. The molecule has 0 aliphatic heterocycles. The van der Waals surface area contributed by atoms with Crippen LogP contribution in [0.4, 0.5) is 0 Å². The first kappa shape index (κ1) is 10.9. The highest BCUT2D eigenvalue weighted by Gasteiger charge is 2.27. The lowest BCUT2D eigenvalue weighted by Gasteiger charge is -2.17. The van der Waals surface area contributed by atoms with Crippen molar-refractivity contribution >= 4 is 11.8 Å². The average Bonchev–Trinajstić information content (AvgIpc) is 2.65. The smallest absolute Gasteiger partial charge is 0.188 e. The van der Waals surface area contributed by atoms with Crippen LogP contribution in [-0.4, -0.2) is 28.3 Å². The summed E-state index contributed by atoms with van der Waals surface area (Å²) in [4.78, 5) is 8.73. The van der Waals surface area contributed by atoms with Crippen molar-refractivity contribution in [3.63, 3.8) is 0 Å². The quantitative estimate of drug-likeness (QED) is 0.796. The van der Waals surface area contributed by atoms with Gasteiger partial charge in [0.2, 0.25) is 0 Å². The molecule has 0 aromatic carbocycles.